The summed E-state index contributed by atoms with van der Waals surface area (Å²) in [5, 5.41) is 0. The van der Waals surface area contributed by atoms with Gasteiger partial charge in [0.25, 0.3) is 0 Å². The molecule has 0 saturated carbocycles. The van der Waals surface area contributed by atoms with Gasteiger partial charge in [0.15, 0.2) is 0 Å². The summed E-state index contributed by atoms with van der Waals surface area (Å²) in [5.41, 5.74) is 2.32. The minimum absolute atomic E-state index is 0.847. The van der Waals surface area contributed by atoms with Gasteiger partial charge in [-0.2, -0.15) is 0 Å². The fraction of sp³-hybridized carbons (Fsp3) is 0.833. The summed E-state index contributed by atoms with van der Waals surface area (Å²) in [6.45, 7) is 9.67. The van der Waals surface area contributed by atoms with Crippen LogP contribution in [0.4, 0.5) is 0 Å². The van der Waals surface area contributed by atoms with Crippen LogP contribution in [-0.2, 0) is 4.43 Å². The summed E-state index contributed by atoms with van der Waals surface area (Å²) in [6, 6.07) is 0. The molecule has 0 spiro atoms. The second-order valence-electron chi connectivity index (χ2n) is 4.29. The average molecular weight is 214 g/mol. The molecule has 1 nitrogen and oxygen atoms in total. The van der Waals surface area contributed by atoms with Crippen LogP contribution in [0.3, 0.4) is 0 Å². The quantitative estimate of drug-likeness (QED) is 0.432. The minimum atomic E-state index is -1.45. The first-order valence-electron chi connectivity index (χ1n) is 5.94. The molecule has 0 aliphatic carbocycles. The summed E-state index contributed by atoms with van der Waals surface area (Å²) in [4.78, 5) is 0. The molecular weight excluding hydrogens is 188 g/mol. The molecule has 0 aliphatic heterocycles. The van der Waals surface area contributed by atoms with Crippen molar-refractivity contribution in [1.29, 1.82) is 0 Å². The molecule has 0 unspecified atom stereocenters. The van der Waals surface area contributed by atoms with E-state index in [2.05, 4.69) is 38.7 Å². The Balaban J connectivity index is 3.50. The second kappa shape index (κ2) is 8.24. The highest BCUT2D eigenvalue weighted by Crippen LogP contribution is 2.08. The van der Waals surface area contributed by atoms with E-state index in [0.29, 0.717) is 0 Å². The summed E-state index contributed by atoms with van der Waals surface area (Å²) < 4.78 is 5.71. The van der Waals surface area contributed by atoms with E-state index in [1.807, 2.05) is 0 Å². The van der Waals surface area contributed by atoms with Gasteiger partial charge in [0.05, 0.1) is 0 Å². The fourth-order valence-corrected chi connectivity index (χ4v) is 3.05. The summed E-state index contributed by atoms with van der Waals surface area (Å²) in [5.74, 6) is 0. The van der Waals surface area contributed by atoms with Gasteiger partial charge in [-0.3, -0.25) is 0 Å². The maximum Gasteiger partial charge on any atom is 0.210 e. The van der Waals surface area contributed by atoms with Crippen LogP contribution in [-0.4, -0.2) is 14.9 Å². The van der Waals surface area contributed by atoms with E-state index >= 15 is 0 Å². The lowest BCUT2D eigenvalue weighted by atomic mass is 10.2. The molecule has 0 N–H and O–H groups in total. The van der Waals surface area contributed by atoms with Gasteiger partial charge >= 0.3 is 0 Å². The van der Waals surface area contributed by atoms with Crippen LogP contribution in [0.15, 0.2) is 11.8 Å². The van der Waals surface area contributed by atoms with Gasteiger partial charge in [0.1, 0.15) is 0 Å². The summed E-state index contributed by atoms with van der Waals surface area (Å²) in [6.07, 6.45) is 8.95. The molecule has 84 valence electrons. The lowest BCUT2D eigenvalue weighted by Crippen LogP contribution is -2.27. The van der Waals surface area contributed by atoms with Crippen LogP contribution >= 0.6 is 0 Å². The van der Waals surface area contributed by atoms with Crippen LogP contribution in [0, 0.1) is 0 Å². The highest BCUT2D eigenvalue weighted by molar-refractivity contribution is 6.76. The first-order valence-corrected chi connectivity index (χ1v) is 8.92. The normalized spacial score (nSPS) is 12.6. The van der Waals surface area contributed by atoms with Crippen molar-refractivity contribution in [2.75, 3.05) is 6.61 Å². The molecule has 0 atom stereocenters. The van der Waals surface area contributed by atoms with Crippen LogP contribution in [0.25, 0.3) is 0 Å². The zero-order valence-electron chi connectivity index (χ0n) is 10.3. The maximum absolute atomic E-state index is 5.71. The van der Waals surface area contributed by atoms with Gasteiger partial charge < -0.3 is 4.43 Å². The van der Waals surface area contributed by atoms with Crippen molar-refractivity contribution < 1.29 is 4.43 Å². The smallest absolute Gasteiger partial charge is 0.210 e. The molecule has 0 aromatic carbocycles. The Kier molecular flexibility index (Phi) is 8.19. The van der Waals surface area contributed by atoms with E-state index in [0.717, 1.165) is 6.61 Å². The molecular formula is C12H26OSi. The number of rotatable bonds is 8. The predicted molar refractivity (Wildman–Crippen MR) is 67.0 cm³/mol. The van der Waals surface area contributed by atoms with E-state index in [4.69, 9.17) is 4.43 Å². The van der Waals surface area contributed by atoms with Gasteiger partial charge in [0, 0.05) is 6.61 Å². The molecule has 0 amide bonds. The number of hydrogen-bond donors (Lipinski definition) is 0. The van der Waals surface area contributed by atoms with Crippen LogP contribution in [0.2, 0.25) is 13.1 Å². The Hall–Kier alpha value is -0.0831. The van der Waals surface area contributed by atoms with Crippen molar-refractivity contribution in [3.63, 3.8) is 0 Å². The van der Waals surface area contributed by atoms with Crippen molar-refractivity contribution in [2.45, 2.75) is 59.0 Å². The van der Waals surface area contributed by atoms with Gasteiger partial charge in [-0.05, 0) is 32.9 Å². The van der Waals surface area contributed by atoms with Crippen LogP contribution in [0.1, 0.15) is 46.0 Å². The maximum atomic E-state index is 5.71. The SMILES string of the molecule is CCCCCCC=C[Si](C)(C)OCC. The third-order valence-electron chi connectivity index (χ3n) is 2.26. The molecule has 0 bridgehead atoms. The topological polar surface area (TPSA) is 9.23 Å². The Labute approximate surface area is 90.7 Å². The van der Waals surface area contributed by atoms with Gasteiger partial charge in [-0.15, -0.1) is 0 Å². The molecule has 0 fully saturated rings. The molecule has 0 heterocycles. The summed E-state index contributed by atoms with van der Waals surface area (Å²) >= 11 is 0. The van der Waals surface area contributed by atoms with Crippen LogP contribution in [0.5, 0.6) is 0 Å². The van der Waals surface area contributed by atoms with Crippen molar-refractivity contribution >= 4 is 8.32 Å². The molecule has 0 rings (SSSR count). The molecule has 14 heavy (non-hydrogen) atoms. The fourth-order valence-electron chi connectivity index (χ4n) is 1.48. The van der Waals surface area contributed by atoms with E-state index in [1.165, 1.54) is 32.1 Å². The van der Waals surface area contributed by atoms with E-state index < -0.39 is 8.32 Å². The third-order valence-corrected chi connectivity index (χ3v) is 4.33. The molecule has 0 aromatic heterocycles. The first-order chi connectivity index (χ1) is 6.62. The molecule has 2 heteroatoms. The average Bonchev–Trinajstić information content (AvgIpc) is 2.11. The predicted octanol–water partition coefficient (Wildman–Crippen LogP) is 4.29. The van der Waals surface area contributed by atoms with Crippen molar-refractivity contribution in [3.05, 3.63) is 11.8 Å². The standard InChI is InChI=1S/C12H26OSi/c1-5-7-8-9-10-11-12-14(3,4)13-6-2/h11-12H,5-10H2,1-4H3. The van der Waals surface area contributed by atoms with Gasteiger partial charge in [-0.1, -0.05) is 38.0 Å². The van der Waals surface area contributed by atoms with Crippen molar-refractivity contribution in [1.82, 2.24) is 0 Å². The minimum Gasteiger partial charge on any atom is -0.414 e. The summed E-state index contributed by atoms with van der Waals surface area (Å²) in [7, 11) is -1.45. The number of hydrogen-bond acceptors (Lipinski definition) is 1. The highest BCUT2D eigenvalue weighted by atomic mass is 28.4. The second-order valence-corrected chi connectivity index (χ2v) is 8.12. The molecule has 0 radical (unpaired) electrons. The number of unbranched alkanes of at least 4 members (excludes halogenated alkanes) is 4. The zero-order chi connectivity index (χ0) is 10.9. The molecule has 0 saturated heterocycles. The monoisotopic (exact) mass is 214 g/mol. The van der Waals surface area contributed by atoms with Crippen molar-refractivity contribution in [2.24, 2.45) is 0 Å². The lowest BCUT2D eigenvalue weighted by Gasteiger charge is -2.16. The Morgan fingerprint density at radius 1 is 1.07 bits per heavy atom. The zero-order valence-corrected chi connectivity index (χ0v) is 11.3. The third kappa shape index (κ3) is 8.51. The Morgan fingerprint density at radius 3 is 2.36 bits per heavy atom. The van der Waals surface area contributed by atoms with Crippen molar-refractivity contribution in [3.8, 4) is 0 Å². The van der Waals surface area contributed by atoms with E-state index in [9.17, 15) is 0 Å². The highest BCUT2D eigenvalue weighted by Gasteiger charge is 2.16. The largest absolute Gasteiger partial charge is 0.414 e. The Morgan fingerprint density at radius 2 is 1.79 bits per heavy atom. The lowest BCUT2D eigenvalue weighted by molar-refractivity contribution is 0.338. The van der Waals surface area contributed by atoms with Gasteiger partial charge in [0.2, 0.25) is 8.32 Å². The Bertz CT molecular complexity index is 152. The van der Waals surface area contributed by atoms with E-state index in [-0.39, 0.29) is 0 Å². The molecule has 0 aromatic rings. The van der Waals surface area contributed by atoms with E-state index in [1.54, 1.807) is 0 Å². The number of allylic oxidation sites excluding steroid dienone is 1. The van der Waals surface area contributed by atoms with Crippen LogP contribution < -0.4 is 0 Å². The van der Waals surface area contributed by atoms with Gasteiger partial charge in [-0.25, -0.2) is 0 Å². The first kappa shape index (κ1) is 13.9. The molecule has 0 aliphatic rings.